The van der Waals surface area contributed by atoms with Gasteiger partial charge in [0, 0.05) is 6.61 Å². The van der Waals surface area contributed by atoms with Crippen LogP contribution in [0.2, 0.25) is 0 Å². The standard InChI is InChI=1S/C2H6O.CH4.H2S/c1-2-3;;/h3H,2H2,1H3;1H4;1H2. The average molecular weight is 96.2 g/mol. The number of aliphatic hydroxyl groups is 1. The molecule has 0 aliphatic heterocycles. The molecule has 5 heavy (non-hydrogen) atoms. The van der Waals surface area contributed by atoms with Crippen LogP contribution in [-0.2, 0) is 0 Å². The van der Waals surface area contributed by atoms with Crippen molar-refractivity contribution >= 4 is 13.5 Å². The van der Waals surface area contributed by atoms with E-state index in [1.54, 1.807) is 6.92 Å². The van der Waals surface area contributed by atoms with Gasteiger partial charge in [0.25, 0.3) is 0 Å². The molecule has 36 valence electrons. The van der Waals surface area contributed by atoms with Crippen molar-refractivity contribution in [1.82, 2.24) is 0 Å². The molecule has 0 aromatic rings. The van der Waals surface area contributed by atoms with Crippen molar-refractivity contribution in [2.24, 2.45) is 0 Å². The first-order valence-electron chi connectivity index (χ1n) is 1.02. The summed E-state index contributed by atoms with van der Waals surface area (Å²) in [5.74, 6) is 0. The molecule has 0 rings (SSSR count). The van der Waals surface area contributed by atoms with E-state index in [-0.39, 0.29) is 27.5 Å². The van der Waals surface area contributed by atoms with Gasteiger partial charge in [0.15, 0.2) is 0 Å². The fraction of sp³-hybridized carbons (Fsp3) is 1.00. The number of hydrogen-bond acceptors (Lipinski definition) is 1. The summed E-state index contributed by atoms with van der Waals surface area (Å²) in [4.78, 5) is 0. The summed E-state index contributed by atoms with van der Waals surface area (Å²) in [6.45, 7) is 1.93. The van der Waals surface area contributed by atoms with Gasteiger partial charge in [-0.3, -0.25) is 0 Å². The maximum Gasteiger partial charge on any atom is 0.0402 e. The minimum Gasteiger partial charge on any atom is -0.397 e. The lowest BCUT2D eigenvalue weighted by atomic mass is 10.9. The second-order valence-electron chi connectivity index (χ2n) is 0.316. The van der Waals surface area contributed by atoms with Crippen LogP contribution in [0.5, 0.6) is 0 Å². The van der Waals surface area contributed by atoms with Gasteiger partial charge in [-0.2, -0.15) is 13.5 Å². The third kappa shape index (κ3) is 239. The SMILES string of the molecule is C.CCO.S. The van der Waals surface area contributed by atoms with E-state index in [4.69, 9.17) is 5.11 Å². The fourth-order valence-corrected chi connectivity index (χ4v) is 0. The molecular weight excluding hydrogens is 84.1 g/mol. The zero-order chi connectivity index (χ0) is 2.71. The van der Waals surface area contributed by atoms with Gasteiger partial charge in [-0.05, 0) is 6.92 Å². The maximum atomic E-state index is 7.57. The summed E-state index contributed by atoms with van der Waals surface area (Å²) in [5, 5.41) is 7.57. The Morgan fingerprint density at radius 2 is 1.60 bits per heavy atom. The number of rotatable bonds is 0. The van der Waals surface area contributed by atoms with E-state index in [0.29, 0.717) is 0 Å². The summed E-state index contributed by atoms with van der Waals surface area (Å²) in [6.07, 6.45) is 0. The molecule has 1 N–H and O–H groups in total. The van der Waals surface area contributed by atoms with Gasteiger partial charge in [-0.1, -0.05) is 7.43 Å². The van der Waals surface area contributed by atoms with E-state index in [1.165, 1.54) is 0 Å². The Kier molecular flexibility index (Phi) is 102. The van der Waals surface area contributed by atoms with Crippen LogP contribution in [0.1, 0.15) is 14.4 Å². The highest BCUT2D eigenvalue weighted by Gasteiger charge is 1.34. The Morgan fingerprint density at radius 1 is 1.60 bits per heavy atom. The average Bonchev–Trinajstić information content (AvgIpc) is 0.918. The van der Waals surface area contributed by atoms with Crippen LogP contribution in [0.25, 0.3) is 0 Å². The molecule has 0 amide bonds. The third-order valence-corrected chi connectivity index (χ3v) is 0. The van der Waals surface area contributed by atoms with Gasteiger partial charge in [-0.15, -0.1) is 0 Å². The van der Waals surface area contributed by atoms with Crippen LogP contribution in [0.4, 0.5) is 0 Å². The second kappa shape index (κ2) is 27.5. The topological polar surface area (TPSA) is 20.2 Å². The zero-order valence-corrected chi connectivity index (χ0v) is 3.65. The highest BCUT2D eigenvalue weighted by atomic mass is 32.1. The first-order chi connectivity index (χ1) is 1.41. The van der Waals surface area contributed by atoms with E-state index in [0.717, 1.165) is 0 Å². The van der Waals surface area contributed by atoms with Crippen LogP contribution < -0.4 is 0 Å². The first-order valence-corrected chi connectivity index (χ1v) is 1.02. The minimum absolute atomic E-state index is 0. The molecule has 1 nitrogen and oxygen atoms in total. The molecule has 0 unspecified atom stereocenters. The summed E-state index contributed by atoms with van der Waals surface area (Å²) in [5.41, 5.74) is 0. The molecule has 0 aromatic heterocycles. The van der Waals surface area contributed by atoms with E-state index >= 15 is 0 Å². The van der Waals surface area contributed by atoms with Crippen molar-refractivity contribution in [3.63, 3.8) is 0 Å². The number of hydrogen-bond donors (Lipinski definition) is 1. The van der Waals surface area contributed by atoms with Crippen molar-refractivity contribution in [3.8, 4) is 0 Å². The minimum atomic E-state index is 0. The van der Waals surface area contributed by atoms with Crippen molar-refractivity contribution in [2.75, 3.05) is 6.61 Å². The lowest BCUT2D eigenvalue weighted by molar-refractivity contribution is 0.318. The molecule has 0 aliphatic rings. The molecule has 0 fully saturated rings. The molecular formula is C3H12OS. The molecule has 0 radical (unpaired) electrons. The summed E-state index contributed by atoms with van der Waals surface area (Å²) < 4.78 is 0. The Balaban J connectivity index is -0.0000000200. The predicted octanol–water partition coefficient (Wildman–Crippen LogP) is 0.747. The van der Waals surface area contributed by atoms with Gasteiger partial charge in [0.2, 0.25) is 0 Å². The highest BCUT2D eigenvalue weighted by Crippen LogP contribution is 1.30. The van der Waals surface area contributed by atoms with E-state index in [1.807, 2.05) is 0 Å². The third-order valence-electron chi connectivity index (χ3n) is 0. The fourth-order valence-electron chi connectivity index (χ4n) is 0. The Hall–Kier alpha value is 0.310. The van der Waals surface area contributed by atoms with E-state index < -0.39 is 0 Å². The van der Waals surface area contributed by atoms with Gasteiger partial charge in [-0.25, -0.2) is 0 Å². The van der Waals surface area contributed by atoms with Gasteiger partial charge >= 0.3 is 0 Å². The Morgan fingerprint density at radius 3 is 1.60 bits per heavy atom. The number of aliphatic hydroxyl groups excluding tert-OH is 1. The smallest absolute Gasteiger partial charge is 0.0402 e. The monoisotopic (exact) mass is 96.1 g/mol. The van der Waals surface area contributed by atoms with Crippen LogP contribution in [0, 0.1) is 0 Å². The molecule has 0 spiro atoms. The molecule has 0 atom stereocenters. The quantitative estimate of drug-likeness (QED) is 0.472. The molecule has 0 bridgehead atoms. The van der Waals surface area contributed by atoms with E-state index in [2.05, 4.69) is 0 Å². The summed E-state index contributed by atoms with van der Waals surface area (Å²) in [7, 11) is 0. The molecule has 0 aromatic carbocycles. The molecule has 0 saturated heterocycles. The predicted molar refractivity (Wildman–Crippen MR) is 29.9 cm³/mol. The first kappa shape index (κ1) is 18.5. The highest BCUT2D eigenvalue weighted by molar-refractivity contribution is 7.59. The summed E-state index contributed by atoms with van der Waals surface area (Å²) in [6, 6.07) is 0. The normalized spacial score (nSPS) is 3.60. The maximum absolute atomic E-state index is 7.57. The van der Waals surface area contributed by atoms with Crippen molar-refractivity contribution < 1.29 is 5.11 Å². The zero-order valence-electron chi connectivity index (χ0n) is 2.65. The summed E-state index contributed by atoms with van der Waals surface area (Å²) >= 11 is 0. The van der Waals surface area contributed by atoms with Gasteiger partial charge < -0.3 is 5.11 Å². The largest absolute Gasteiger partial charge is 0.397 e. The molecule has 0 heterocycles. The van der Waals surface area contributed by atoms with Crippen molar-refractivity contribution in [1.29, 1.82) is 0 Å². The van der Waals surface area contributed by atoms with Crippen LogP contribution in [0.15, 0.2) is 0 Å². The van der Waals surface area contributed by atoms with Crippen LogP contribution in [-0.4, -0.2) is 11.7 Å². The van der Waals surface area contributed by atoms with Gasteiger partial charge in [0.05, 0.1) is 0 Å². The van der Waals surface area contributed by atoms with Crippen molar-refractivity contribution in [3.05, 3.63) is 0 Å². The Bertz CT molecular complexity index is 6.85. The lowest BCUT2D eigenvalue weighted by Crippen LogP contribution is -1.57. The van der Waals surface area contributed by atoms with Crippen LogP contribution >= 0.6 is 13.5 Å². The molecule has 0 saturated carbocycles. The molecule has 2 heteroatoms. The molecule has 0 aliphatic carbocycles. The van der Waals surface area contributed by atoms with E-state index in [9.17, 15) is 0 Å². The van der Waals surface area contributed by atoms with Gasteiger partial charge in [0.1, 0.15) is 0 Å². The Labute approximate surface area is 40.5 Å². The lowest BCUT2D eigenvalue weighted by Gasteiger charge is -1.52. The second-order valence-corrected chi connectivity index (χ2v) is 0.316. The van der Waals surface area contributed by atoms with Crippen LogP contribution in [0.3, 0.4) is 0 Å². The van der Waals surface area contributed by atoms with Crippen molar-refractivity contribution in [2.45, 2.75) is 14.4 Å².